The zero-order valence-electron chi connectivity index (χ0n) is 17.3. The van der Waals surface area contributed by atoms with E-state index < -0.39 is 17.5 Å². The normalized spacial score (nSPS) is 27.2. The van der Waals surface area contributed by atoms with E-state index in [0.717, 1.165) is 11.3 Å². The summed E-state index contributed by atoms with van der Waals surface area (Å²) in [5.74, 6) is 0.429. The number of carbonyl (C=O) groups is 3. The predicted molar refractivity (Wildman–Crippen MR) is 111 cm³/mol. The van der Waals surface area contributed by atoms with Crippen LogP contribution in [0.4, 0.5) is 10.5 Å². The first-order valence-corrected chi connectivity index (χ1v) is 10.5. The van der Waals surface area contributed by atoms with Crippen LogP contribution in [0.3, 0.4) is 0 Å². The summed E-state index contributed by atoms with van der Waals surface area (Å²) in [7, 11) is 0. The Labute approximate surface area is 180 Å². The first kappa shape index (κ1) is 20.8. The van der Waals surface area contributed by atoms with E-state index in [0.29, 0.717) is 49.2 Å². The molecule has 4 amide bonds. The van der Waals surface area contributed by atoms with Gasteiger partial charge in [-0.1, -0.05) is 32.4 Å². The van der Waals surface area contributed by atoms with Crippen molar-refractivity contribution in [1.82, 2.24) is 10.2 Å². The average molecular weight is 436 g/mol. The minimum Gasteiger partial charge on any atom is -0.486 e. The number of anilines is 1. The van der Waals surface area contributed by atoms with Crippen LogP contribution in [0.2, 0.25) is 5.02 Å². The lowest BCUT2D eigenvalue weighted by atomic mass is 9.64. The molecular weight excluding hydrogens is 410 g/mol. The van der Waals surface area contributed by atoms with Gasteiger partial charge in [0.2, 0.25) is 5.91 Å². The van der Waals surface area contributed by atoms with Crippen LogP contribution in [0.15, 0.2) is 12.1 Å². The summed E-state index contributed by atoms with van der Waals surface area (Å²) in [5.41, 5.74) is -0.676. The Hall–Kier alpha value is -2.48. The van der Waals surface area contributed by atoms with Crippen molar-refractivity contribution in [2.45, 2.75) is 45.6 Å². The van der Waals surface area contributed by atoms with Crippen LogP contribution in [0.25, 0.3) is 0 Å². The van der Waals surface area contributed by atoms with E-state index in [1.165, 1.54) is 0 Å². The Morgan fingerprint density at radius 1 is 1.23 bits per heavy atom. The summed E-state index contributed by atoms with van der Waals surface area (Å²) < 4.78 is 11.0. The maximum absolute atomic E-state index is 13.2. The number of carbonyl (C=O) groups excluding carboxylic acids is 3. The summed E-state index contributed by atoms with van der Waals surface area (Å²) in [5, 5.41) is 5.82. The van der Waals surface area contributed by atoms with Crippen molar-refractivity contribution in [3.63, 3.8) is 0 Å². The van der Waals surface area contributed by atoms with E-state index in [-0.39, 0.29) is 22.9 Å². The molecular formula is C21H26ClN3O5. The quantitative estimate of drug-likeness (QED) is 0.710. The Bertz CT molecular complexity index is 918. The van der Waals surface area contributed by atoms with E-state index in [1.54, 1.807) is 12.1 Å². The molecule has 2 fully saturated rings. The van der Waals surface area contributed by atoms with Gasteiger partial charge in [0.05, 0.1) is 10.7 Å². The predicted octanol–water partition coefficient (Wildman–Crippen LogP) is 3.19. The second-order valence-electron chi connectivity index (χ2n) is 9.28. The van der Waals surface area contributed by atoms with Crippen LogP contribution >= 0.6 is 11.6 Å². The van der Waals surface area contributed by atoms with Crippen molar-refractivity contribution in [2.24, 2.45) is 11.3 Å². The number of urea groups is 1. The fourth-order valence-electron chi connectivity index (χ4n) is 5.14. The molecule has 2 unspecified atom stereocenters. The number of hydrogen-bond acceptors (Lipinski definition) is 5. The standard InChI is InChI=1S/C21H26ClN3O5/c1-12-8-20(2,3)11-21(9-12)18(27)25(19(28)24-21)10-17(26)23-14-7-16-15(6-13(14)22)29-4-5-30-16/h6-7,12H,4-5,8-11H2,1-3H3,(H,23,26)(H,24,28). The topological polar surface area (TPSA) is 97.0 Å². The molecule has 2 aliphatic heterocycles. The summed E-state index contributed by atoms with van der Waals surface area (Å²) in [6, 6.07) is 2.61. The van der Waals surface area contributed by atoms with Crippen LogP contribution < -0.4 is 20.1 Å². The lowest BCUT2D eigenvalue weighted by Crippen LogP contribution is -2.54. The van der Waals surface area contributed by atoms with Gasteiger partial charge < -0.3 is 20.1 Å². The molecule has 4 rings (SSSR count). The van der Waals surface area contributed by atoms with Crippen molar-refractivity contribution in [3.8, 4) is 11.5 Å². The fraction of sp³-hybridized carbons (Fsp3) is 0.571. The number of rotatable bonds is 3. The van der Waals surface area contributed by atoms with E-state index in [1.807, 2.05) is 0 Å². The van der Waals surface area contributed by atoms with Crippen molar-refractivity contribution < 1.29 is 23.9 Å². The van der Waals surface area contributed by atoms with Gasteiger partial charge in [-0.3, -0.25) is 14.5 Å². The number of ether oxygens (including phenoxy) is 2. The average Bonchev–Trinajstić information content (AvgIpc) is 2.84. The zero-order valence-corrected chi connectivity index (χ0v) is 18.1. The molecule has 8 nitrogen and oxygen atoms in total. The lowest BCUT2D eigenvalue weighted by molar-refractivity contribution is -0.136. The molecule has 9 heteroatoms. The molecule has 1 aromatic carbocycles. The van der Waals surface area contributed by atoms with Gasteiger partial charge in [0, 0.05) is 12.1 Å². The molecule has 30 heavy (non-hydrogen) atoms. The summed E-state index contributed by atoms with van der Waals surface area (Å²) in [6.45, 7) is 6.74. The molecule has 1 aromatic rings. The van der Waals surface area contributed by atoms with Gasteiger partial charge in [-0.05, 0) is 30.6 Å². The van der Waals surface area contributed by atoms with Crippen LogP contribution in [-0.2, 0) is 9.59 Å². The molecule has 2 heterocycles. The maximum Gasteiger partial charge on any atom is 0.325 e. The van der Waals surface area contributed by atoms with Gasteiger partial charge in [0.25, 0.3) is 5.91 Å². The number of nitrogens with one attached hydrogen (secondary N) is 2. The Kier molecular flexibility index (Phi) is 5.08. The molecule has 0 aromatic heterocycles. The molecule has 2 N–H and O–H groups in total. The van der Waals surface area contributed by atoms with E-state index in [9.17, 15) is 14.4 Å². The largest absolute Gasteiger partial charge is 0.486 e. The summed E-state index contributed by atoms with van der Waals surface area (Å²) in [6.07, 6.45) is 2.12. The highest BCUT2D eigenvalue weighted by Gasteiger charge is 2.56. The van der Waals surface area contributed by atoms with Crippen molar-refractivity contribution >= 4 is 35.1 Å². The van der Waals surface area contributed by atoms with Crippen LogP contribution in [-0.4, -0.2) is 48.0 Å². The monoisotopic (exact) mass is 435 g/mol. The van der Waals surface area contributed by atoms with Gasteiger partial charge in [-0.2, -0.15) is 0 Å². The Morgan fingerprint density at radius 3 is 2.57 bits per heavy atom. The first-order valence-electron chi connectivity index (χ1n) is 10.1. The fourth-order valence-corrected chi connectivity index (χ4v) is 5.34. The van der Waals surface area contributed by atoms with Crippen LogP contribution in [0.5, 0.6) is 11.5 Å². The van der Waals surface area contributed by atoms with Crippen molar-refractivity contribution in [2.75, 3.05) is 25.1 Å². The number of hydrogen-bond donors (Lipinski definition) is 2. The molecule has 1 saturated carbocycles. The smallest absolute Gasteiger partial charge is 0.325 e. The molecule has 1 spiro atoms. The van der Waals surface area contributed by atoms with Gasteiger partial charge >= 0.3 is 6.03 Å². The van der Waals surface area contributed by atoms with Gasteiger partial charge in [0.15, 0.2) is 11.5 Å². The van der Waals surface area contributed by atoms with Gasteiger partial charge in [0.1, 0.15) is 25.3 Å². The number of benzene rings is 1. The highest BCUT2D eigenvalue weighted by atomic mass is 35.5. The summed E-state index contributed by atoms with van der Waals surface area (Å²) >= 11 is 6.23. The van der Waals surface area contributed by atoms with E-state index in [4.69, 9.17) is 21.1 Å². The lowest BCUT2D eigenvalue weighted by Gasteiger charge is -2.43. The second-order valence-corrected chi connectivity index (χ2v) is 9.69. The number of fused-ring (bicyclic) bond motifs is 1. The number of imide groups is 1. The molecule has 0 bridgehead atoms. The molecule has 0 radical (unpaired) electrons. The molecule has 162 valence electrons. The third kappa shape index (κ3) is 3.80. The maximum atomic E-state index is 13.2. The molecule has 1 aliphatic carbocycles. The Balaban J connectivity index is 1.47. The van der Waals surface area contributed by atoms with Gasteiger partial charge in [-0.15, -0.1) is 0 Å². The highest BCUT2D eigenvalue weighted by Crippen LogP contribution is 2.46. The van der Waals surface area contributed by atoms with E-state index in [2.05, 4.69) is 31.4 Å². The third-order valence-electron chi connectivity index (χ3n) is 5.83. The minimum absolute atomic E-state index is 0.0718. The van der Waals surface area contributed by atoms with Crippen molar-refractivity contribution in [1.29, 1.82) is 0 Å². The first-order chi connectivity index (χ1) is 14.1. The highest BCUT2D eigenvalue weighted by molar-refractivity contribution is 6.34. The number of amides is 4. The Morgan fingerprint density at radius 2 is 1.90 bits per heavy atom. The SMILES string of the molecule is CC1CC(C)(C)CC2(C1)NC(=O)N(CC(=O)Nc1cc3c(cc1Cl)OCCO3)C2=O. The van der Waals surface area contributed by atoms with Crippen LogP contribution in [0, 0.1) is 11.3 Å². The zero-order chi connectivity index (χ0) is 21.7. The minimum atomic E-state index is -0.937. The van der Waals surface area contributed by atoms with Gasteiger partial charge in [-0.25, -0.2) is 4.79 Å². The summed E-state index contributed by atoms with van der Waals surface area (Å²) in [4.78, 5) is 39.4. The number of nitrogens with zero attached hydrogens (tertiary/aromatic N) is 1. The number of halogens is 1. The third-order valence-corrected chi connectivity index (χ3v) is 6.14. The molecule has 2 atom stereocenters. The van der Waals surface area contributed by atoms with E-state index >= 15 is 0 Å². The van der Waals surface area contributed by atoms with Crippen LogP contribution in [0.1, 0.15) is 40.0 Å². The second kappa shape index (κ2) is 7.34. The molecule has 3 aliphatic rings. The molecule has 1 saturated heterocycles. The van der Waals surface area contributed by atoms with Crippen molar-refractivity contribution in [3.05, 3.63) is 17.2 Å².